The van der Waals surface area contributed by atoms with E-state index in [-0.39, 0.29) is 5.91 Å². The molecule has 1 amide bonds. The first-order valence-corrected chi connectivity index (χ1v) is 7.88. The van der Waals surface area contributed by atoms with E-state index in [0.29, 0.717) is 42.3 Å². The van der Waals surface area contributed by atoms with Crippen molar-refractivity contribution in [1.29, 1.82) is 0 Å². The van der Waals surface area contributed by atoms with Crippen molar-refractivity contribution < 1.29 is 13.7 Å². The average Bonchev–Trinajstić information content (AvgIpc) is 2.35. The van der Waals surface area contributed by atoms with Gasteiger partial charge in [-0.1, -0.05) is 6.07 Å². The Hall–Kier alpha value is -1.56. The van der Waals surface area contributed by atoms with Crippen LogP contribution in [0.1, 0.15) is 23.7 Å². The first-order chi connectivity index (χ1) is 9.06. The van der Waals surface area contributed by atoms with Crippen molar-refractivity contribution in [2.24, 2.45) is 0 Å². The van der Waals surface area contributed by atoms with Crippen LogP contribution in [0.2, 0.25) is 0 Å². The van der Waals surface area contributed by atoms with Crippen molar-refractivity contribution >= 4 is 22.4 Å². The number of carbonyl (C=O) groups excluding carboxylic acids is 1. The van der Waals surface area contributed by atoms with Crippen LogP contribution in [0.15, 0.2) is 18.2 Å². The van der Waals surface area contributed by atoms with E-state index in [0.717, 1.165) is 0 Å². The third kappa shape index (κ3) is 4.90. The van der Waals surface area contributed by atoms with Gasteiger partial charge >= 0.3 is 0 Å². The second kappa shape index (κ2) is 7.78. The molecule has 0 bridgehead atoms. The van der Waals surface area contributed by atoms with Gasteiger partial charge in [-0.2, -0.15) is 0 Å². The molecule has 5 nitrogen and oxygen atoms in total. The van der Waals surface area contributed by atoms with E-state index in [1.807, 2.05) is 6.92 Å². The third-order valence-electron chi connectivity index (χ3n) is 2.48. The van der Waals surface area contributed by atoms with Crippen LogP contribution < -0.4 is 15.8 Å². The lowest BCUT2D eigenvalue weighted by atomic mass is 10.1. The molecule has 0 saturated heterocycles. The molecule has 1 rings (SSSR count). The van der Waals surface area contributed by atoms with Crippen molar-refractivity contribution in [2.75, 3.05) is 30.9 Å². The molecular formula is C13H20N2O3S. The topological polar surface area (TPSA) is 81.4 Å². The van der Waals surface area contributed by atoms with E-state index in [1.165, 1.54) is 0 Å². The molecule has 0 radical (unpaired) electrons. The lowest BCUT2D eigenvalue weighted by Gasteiger charge is -2.12. The Morgan fingerprint density at radius 3 is 2.84 bits per heavy atom. The van der Waals surface area contributed by atoms with Crippen molar-refractivity contribution in [1.82, 2.24) is 5.32 Å². The maximum Gasteiger partial charge on any atom is 0.257 e. The molecule has 0 aliphatic rings. The van der Waals surface area contributed by atoms with Crippen LogP contribution in [0, 0.1) is 0 Å². The molecule has 0 aromatic heterocycles. The summed E-state index contributed by atoms with van der Waals surface area (Å²) in [5.74, 6) is 0.797. The summed E-state index contributed by atoms with van der Waals surface area (Å²) in [6, 6.07) is 5.13. The van der Waals surface area contributed by atoms with E-state index in [4.69, 9.17) is 10.5 Å². The number of hydrogen-bond acceptors (Lipinski definition) is 4. The molecule has 1 unspecified atom stereocenters. The number of amides is 1. The molecule has 0 aliphatic carbocycles. The smallest absolute Gasteiger partial charge is 0.257 e. The Labute approximate surface area is 116 Å². The van der Waals surface area contributed by atoms with Crippen LogP contribution in [0.5, 0.6) is 5.75 Å². The molecule has 6 heteroatoms. The number of hydrogen-bond donors (Lipinski definition) is 2. The van der Waals surface area contributed by atoms with Gasteiger partial charge in [-0.15, -0.1) is 0 Å². The minimum absolute atomic E-state index is 0.261. The second-order valence-corrected chi connectivity index (χ2v) is 5.59. The van der Waals surface area contributed by atoms with Crippen LogP contribution >= 0.6 is 0 Å². The SMILES string of the molecule is CCOc1cccc(N)c1C(=O)NCCCS(C)=O. The number of ether oxygens (including phenoxy) is 1. The van der Waals surface area contributed by atoms with Crippen LogP contribution in [-0.2, 0) is 10.8 Å². The van der Waals surface area contributed by atoms with Gasteiger partial charge in [0.05, 0.1) is 6.61 Å². The largest absolute Gasteiger partial charge is 0.493 e. The highest BCUT2D eigenvalue weighted by atomic mass is 32.2. The fourth-order valence-electron chi connectivity index (χ4n) is 1.63. The molecule has 3 N–H and O–H groups in total. The number of nitrogens with one attached hydrogen (secondary N) is 1. The molecule has 19 heavy (non-hydrogen) atoms. The molecule has 0 spiro atoms. The Bertz CT molecular complexity index is 463. The fraction of sp³-hybridized carbons (Fsp3) is 0.462. The summed E-state index contributed by atoms with van der Waals surface area (Å²) < 4.78 is 16.3. The molecule has 0 saturated carbocycles. The quantitative estimate of drug-likeness (QED) is 0.581. The predicted octanol–water partition coefficient (Wildman–Crippen LogP) is 1.17. The first kappa shape index (κ1) is 15.5. The molecule has 106 valence electrons. The molecule has 1 aromatic rings. The van der Waals surface area contributed by atoms with E-state index in [9.17, 15) is 9.00 Å². The van der Waals surface area contributed by atoms with Gasteiger partial charge in [-0.25, -0.2) is 0 Å². The standard InChI is InChI=1S/C13H20N2O3S/c1-3-18-11-7-4-6-10(14)12(11)13(16)15-8-5-9-19(2)17/h4,6-7H,3,5,8-9,14H2,1-2H3,(H,15,16). The van der Waals surface area contributed by atoms with Gasteiger partial charge in [0.25, 0.3) is 5.91 Å². The third-order valence-corrected chi connectivity index (χ3v) is 3.34. The van der Waals surface area contributed by atoms with E-state index < -0.39 is 10.8 Å². The Morgan fingerprint density at radius 2 is 2.21 bits per heavy atom. The highest BCUT2D eigenvalue weighted by Crippen LogP contribution is 2.24. The summed E-state index contributed by atoms with van der Waals surface area (Å²) >= 11 is 0. The van der Waals surface area contributed by atoms with Gasteiger partial charge < -0.3 is 15.8 Å². The molecule has 0 heterocycles. The van der Waals surface area contributed by atoms with Gasteiger partial charge in [0.2, 0.25) is 0 Å². The van der Waals surface area contributed by atoms with Crippen LogP contribution in [0.25, 0.3) is 0 Å². The maximum atomic E-state index is 12.1. The van der Waals surface area contributed by atoms with Crippen molar-refractivity contribution in [3.63, 3.8) is 0 Å². The zero-order chi connectivity index (χ0) is 14.3. The lowest BCUT2D eigenvalue weighted by molar-refractivity contribution is 0.0951. The summed E-state index contributed by atoms with van der Waals surface area (Å²) in [4.78, 5) is 12.1. The van der Waals surface area contributed by atoms with Gasteiger partial charge in [0, 0.05) is 35.0 Å². The molecule has 0 fully saturated rings. The molecule has 1 atom stereocenters. The summed E-state index contributed by atoms with van der Waals surface area (Å²) in [5, 5.41) is 2.76. The lowest BCUT2D eigenvalue weighted by Crippen LogP contribution is -2.26. The summed E-state index contributed by atoms with van der Waals surface area (Å²) in [7, 11) is -0.837. The van der Waals surface area contributed by atoms with Gasteiger partial charge in [0.1, 0.15) is 11.3 Å². The number of rotatable bonds is 7. The Kier molecular flexibility index (Phi) is 6.35. The predicted molar refractivity (Wildman–Crippen MR) is 77.9 cm³/mol. The van der Waals surface area contributed by atoms with Crippen LogP contribution in [0.3, 0.4) is 0 Å². The van der Waals surface area contributed by atoms with Crippen molar-refractivity contribution in [3.8, 4) is 5.75 Å². The highest BCUT2D eigenvalue weighted by Gasteiger charge is 2.15. The van der Waals surface area contributed by atoms with Gasteiger partial charge in [-0.3, -0.25) is 9.00 Å². The normalized spacial score (nSPS) is 11.9. The Morgan fingerprint density at radius 1 is 1.47 bits per heavy atom. The van der Waals surface area contributed by atoms with Crippen LogP contribution in [0.4, 0.5) is 5.69 Å². The number of anilines is 1. The van der Waals surface area contributed by atoms with E-state index in [2.05, 4.69) is 5.32 Å². The monoisotopic (exact) mass is 284 g/mol. The zero-order valence-electron chi connectivity index (χ0n) is 11.3. The first-order valence-electron chi connectivity index (χ1n) is 6.15. The van der Waals surface area contributed by atoms with Gasteiger partial charge in [0.15, 0.2) is 0 Å². The molecule has 0 aliphatic heterocycles. The zero-order valence-corrected chi connectivity index (χ0v) is 12.1. The highest BCUT2D eigenvalue weighted by molar-refractivity contribution is 7.84. The fourth-order valence-corrected chi connectivity index (χ4v) is 2.18. The molecule has 1 aromatic carbocycles. The number of nitrogen functional groups attached to an aromatic ring is 1. The average molecular weight is 284 g/mol. The minimum atomic E-state index is -0.837. The van der Waals surface area contributed by atoms with Gasteiger partial charge in [-0.05, 0) is 25.5 Å². The number of carbonyl (C=O) groups is 1. The number of nitrogens with two attached hydrogens (primary N) is 1. The molecular weight excluding hydrogens is 264 g/mol. The van der Waals surface area contributed by atoms with Crippen molar-refractivity contribution in [2.45, 2.75) is 13.3 Å². The number of benzene rings is 1. The minimum Gasteiger partial charge on any atom is -0.493 e. The van der Waals surface area contributed by atoms with Crippen molar-refractivity contribution in [3.05, 3.63) is 23.8 Å². The summed E-state index contributed by atoms with van der Waals surface area (Å²) in [6.07, 6.45) is 2.32. The Balaban J connectivity index is 2.67. The summed E-state index contributed by atoms with van der Waals surface area (Å²) in [5.41, 5.74) is 6.57. The maximum absolute atomic E-state index is 12.1. The summed E-state index contributed by atoms with van der Waals surface area (Å²) in [6.45, 7) is 2.79. The van der Waals surface area contributed by atoms with Crippen LogP contribution in [-0.4, -0.2) is 35.3 Å². The van der Waals surface area contributed by atoms with E-state index >= 15 is 0 Å². The second-order valence-electron chi connectivity index (χ2n) is 4.04. The van der Waals surface area contributed by atoms with E-state index in [1.54, 1.807) is 24.5 Å².